The van der Waals surface area contributed by atoms with Crippen LogP contribution in [-0.4, -0.2) is 71.5 Å². The standard InChI is InChI=1S/C49H88N2O2/c1-6-8-32-52-42-27-23-40(24-28-42)50(38-19-14-35(3)15-20-38)48-44-12-10-11-13-45(44)49(47-34-37(5)18-31-46(47)48)51(39-21-16-36(4)17-22-39)41-25-29-43(30-26-41)53-33-9-7-2/h35-49H,6-34H2,1-5H3. The van der Waals surface area contributed by atoms with Crippen molar-refractivity contribution in [1.29, 1.82) is 0 Å². The van der Waals surface area contributed by atoms with Crippen molar-refractivity contribution < 1.29 is 9.47 Å². The van der Waals surface area contributed by atoms with Crippen LogP contribution < -0.4 is 0 Å². The van der Waals surface area contributed by atoms with Gasteiger partial charge in [0, 0.05) is 49.5 Å². The van der Waals surface area contributed by atoms with Crippen molar-refractivity contribution in [1.82, 2.24) is 9.80 Å². The van der Waals surface area contributed by atoms with Gasteiger partial charge >= 0.3 is 0 Å². The minimum Gasteiger partial charge on any atom is -0.378 e. The predicted molar refractivity (Wildman–Crippen MR) is 223 cm³/mol. The summed E-state index contributed by atoms with van der Waals surface area (Å²) in [5, 5.41) is 0. The quantitative estimate of drug-likeness (QED) is 0.166. The molecule has 7 atom stereocenters. The zero-order valence-corrected chi connectivity index (χ0v) is 35.9. The van der Waals surface area contributed by atoms with Crippen LogP contribution in [0, 0.1) is 41.4 Å². The zero-order chi connectivity index (χ0) is 36.7. The van der Waals surface area contributed by atoms with E-state index in [1.54, 1.807) is 0 Å². The molecule has 7 aliphatic rings. The van der Waals surface area contributed by atoms with Crippen LogP contribution in [0.3, 0.4) is 0 Å². The number of unbranched alkanes of at least 4 members (excludes halogenated alkanes) is 2. The van der Waals surface area contributed by atoms with Crippen molar-refractivity contribution in [2.75, 3.05) is 13.2 Å². The zero-order valence-electron chi connectivity index (χ0n) is 35.9. The molecule has 7 unspecified atom stereocenters. The van der Waals surface area contributed by atoms with Gasteiger partial charge < -0.3 is 9.47 Å². The van der Waals surface area contributed by atoms with Crippen LogP contribution in [-0.2, 0) is 9.47 Å². The molecule has 306 valence electrons. The third-order valence-corrected chi connectivity index (χ3v) is 17.2. The van der Waals surface area contributed by atoms with Gasteiger partial charge in [-0.1, -0.05) is 66.7 Å². The van der Waals surface area contributed by atoms with Crippen LogP contribution in [0.2, 0.25) is 0 Å². The molecule has 7 aliphatic carbocycles. The van der Waals surface area contributed by atoms with Crippen molar-refractivity contribution in [3.63, 3.8) is 0 Å². The van der Waals surface area contributed by atoms with Gasteiger partial charge in [0.25, 0.3) is 0 Å². The Balaban J connectivity index is 1.19. The number of hydrogen-bond donors (Lipinski definition) is 0. The molecule has 4 nitrogen and oxygen atoms in total. The Morgan fingerprint density at radius 3 is 1.17 bits per heavy atom. The third kappa shape index (κ3) is 9.94. The van der Waals surface area contributed by atoms with Crippen molar-refractivity contribution in [3.8, 4) is 0 Å². The number of ether oxygens (including phenoxy) is 2. The van der Waals surface area contributed by atoms with Crippen molar-refractivity contribution in [3.05, 3.63) is 0 Å². The first-order chi connectivity index (χ1) is 25.9. The largest absolute Gasteiger partial charge is 0.378 e. The Kier molecular flexibility index (Phi) is 15.5. The first-order valence-electron chi connectivity index (χ1n) is 24.7. The second kappa shape index (κ2) is 20.0. The summed E-state index contributed by atoms with van der Waals surface area (Å²) in [6, 6.07) is 4.92. The highest BCUT2D eigenvalue weighted by Gasteiger charge is 2.58. The lowest BCUT2D eigenvalue weighted by atomic mass is 9.52. The average Bonchev–Trinajstić information content (AvgIpc) is 3.18. The second-order valence-corrected chi connectivity index (χ2v) is 20.9. The molecule has 0 aliphatic heterocycles. The normalized spacial score (nSPS) is 44.1. The summed E-state index contributed by atoms with van der Waals surface area (Å²) >= 11 is 0. The van der Waals surface area contributed by atoms with Crippen LogP contribution in [0.1, 0.15) is 208 Å². The molecule has 53 heavy (non-hydrogen) atoms. The van der Waals surface area contributed by atoms with Crippen molar-refractivity contribution in [2.24, 2.45) is 41.4 Å². The first-order valence-corrected chi connectivity index (χ1v) is 24.7. The lowest BCUT2D eigenvalue weighted by Crippen LogP contribution is -2.69. The fraction of sp³-hybridized carbons (Fsp3) is 1.00. The van der Waals surface area contributed by atoms with E-state index in [0.717, 1.165) is 90.9 Å². The molecular formula is C49H88N2O2. The van der Waals surface area contributed by atoms with Gasteiger partial charge in [-0.3, -0.25) is 9.80 Å². The van der Waals surface area contributed by atoms with Crippen molar-refractivity contribution >= 4 is 0 Å². The van der Waals surface area contributed by atoms with Gasteiger partial charge in [-0.15, -0.1) is 0 Å². The van der Waals surface area contributed by atoms with E-state index in [1.165, 1.54) is 173 Å². The van der Waals surface area contributed by atoms with Gasteiger partial charge in [0.2, 0.25) is 0 Å². The minimum absolute atomic E-state index is 0.519. The molecule has 0 heterocycles. The lowest BCUT2D eigenvalue weighted by Gasteiger charge is -2.65. The van der Waals surface area contributed by atoms with Gasteiger partial charge in [0.1, 0.15) is 0 Å². The monoisotopic (exact) mass is 737 g/mol. The average molecular weight is 737 g/mol. The summed E-state index contributed by atoms with van der Waals surface area (Å²) in [4.78, 5) is 6.82. The highest BCUT2D eigenvalue weighted by molar-refractivity contribution is 5.11. The smallest absolute Gasteiger partial charge is 0.0576 e. The van der Waals surface area contributed by atoms with E-state index in [2.05, 4.69) is 44.4 Å². The van der Waals surface area contributed by atoms with Crippen LogP contribution in [0.15, 0.2) is 0 Å². The Hall–Kier alpha value is -0.160. The predicted octanol–water partition coefficient (Wildman–Crippen LogP) is 12.6. The van der Waals surface area contributed by atoms with E-state index >= 15 is 0 Å². The Labute approximate surface area is 329 Å². The molecule has 0 radical (unpaired) electrons. The molecule has 7 saturated carbocycles. The van der Waals surface area contributed by atoms with Crippen LogP contribution >= 0.6 is 0 Å². The van der Waals surface area contributed by atoms with Gasteiger partial charge in [-0.25, -0.2) is 0 Å². The summed E-state index contributed by atoms with van der Waals surface area (Å²) in [6.45, 7) is 14.3. The SMILES string of the molecule is CCCCOC1CCC(N(C2CCC(C)CC2)C2C3CCCCC3C(N(C3CCC(C)CC3)C3CCC(OCCCC)CC3)C3CC(C)CCC32)CC1. The van der Waals surface area contributed by atoms with Gasteiger partial charge in [0.05, 0.1) is 12.2 Å². The van der Waals surface area contributed by atoms with E-state index < -0.39 is 0 Å². The van der Waals surface area contributed by atoms with Gasteiger partial charge in [-0.2, -0.15) is 0 Å². The molecule has 7 fully saturated rings. The summed E-state index contributed by atoms with van der Waals surface area (Å²) in [6.07, 6.45) is 39.0. The van der Waals surface area contributed by atoms with Crippen LogP contribution in [0.25, 0.3) is 0 Å². The highest BCUT2D eigenvalue weighted by atomic mass is 16.5. The third-order valence-electron chi connectivity index (χ3n) is 17.2. The van der Waals surface area contributed by atoms with E-state index in [0.29, 0.717) is 12.2 Å². The Morgan fingerprint density at radius 1 is 0.396 bits per heavy atom. The van der Waals surface area contributed by atoms with E-state index in [1.807, 2.05) is 0 Å². The topological polar surface area (TPSA) is 24.9 Å². The first kappa shape index (κ1) is 41.0. The summed E-state index contributed by atoms with van der Waals surface area (Å²) in [5.74, 6) is 6.39. The van der Waals surface area contributed by atoms with Crippen LogP contribution in [0.5, 0.6) is 0 Å². The Morgan fingerprint density at radius 2 is 0.755 bits per heavy atom. The lowest BCUT2D eigenvalue weighted by molar-refractivity contribution is -0.156. The summed E-state index contributed by atoms with van der Waals surface area (Å²) in [7, 11) is 0. The maximum Gasteiger partial charge on any atom is 0.0576 e. The molecule has 0 bridgehead atoms. The minimum atomic E-state index is 0.519. The molecule has 7 rings (SSSR count). The number of fused-ring (bicyclic) bond motifs is 2. The van der Waals surface area contributed by atoms with E-state index in [-0.39, 0.29) is 0 Å². The number of rotatable bonds is 14. The molecule has 0 N–H and O–H groups in total. The van der Waals surface area contributed by atoms with Gasteiger partial charge in [0.15, 0.2) is 0 Å². The molecular weight excluding hydrogens is 649 g/mol. The molecule has 0 aromatic carbocycles. The Bertz CT molecular complexity index is 1040. The fourth-order valence-electron chi connectivity index (χ4n) is 14.3. The maximum atomic E-state index is 6.50. The highest BCUT2D eigenvalue weighted by Crippen LogP contribution is 2.57. The summed E-state index contributed by atoms with van der Waals surface area (Å²) in [5.41, 5.74) is 0. The van der Waals surface area contributed by atoms with E-state index in [9.17, 15) is 0 Å². The molecule has 0 aromatic rings. The molecule has 4 heteroatoms. The second-order valence-electron chi connectivity index (χ2n) is 20.9. The molecule has 0 saturated heterocycles. The van der Waals surface area contributed by atoms with Crippen molar-refractivity contribution in [2.45, 2.75) is 256 Å². The molecule has 0 aromatic heterocycles. The molecule has 0 amide bonds. The van der Waals surface area contributed by atoms with E-state index in [4.69, 9.17) is 9.47 Å². The van der Waals surface area contributed by atoms with Gasteiger partial charge in [-0.05, 0) is 183 Å². The number of nitrogens with zero attached hydrogens (tertiary/aromatic N) is 2. The summed E-state index contributed by atoms with van der Waals surface area (Å²) < 4.78 is 13.0. The maximum absolute atomic E-state index is 6.50. The fourth-order valence-corrected chi connectivity index (χ4v) is 14.3. The van der Waals surface area contributed by atoms with Crippen LogP contribution in [0.4, 0.5) is 0 Å². The number of hydrogen-bond acceptors (Lipinski definition) is 4. The molecule has 0 spiro atoms.